The molecule has 0 saturated heterocycles. The molecule has 3 heteroatoms. The highest BCUT2D eigenvalue weighted by Crippen LogP contribution is 2.26. The van der Waals surface area contributed by atoms with Gasteiger partial charge in [-0.25, -0.2) is 0 Å². The molecule has 0 bridgehead atoms. The van der Waals surface area contributed by atoms with Gasteiger partial charge in [0.1, 0.15) is 0 Å². The van der Waals surface area contributed by atoms with Crippen LogP contribution in [0.2, 0.25) is 0 Å². The van der Waals surface area contributed by atoms with Crippen LogP contribution < -0.4 is 11.5 Å². The smallest absolute Gasteiger partial charge is 0.249 e. The highest BCUT2D eigenvalue weighted by molar-refractivity contribution is 6.10. The SMILES string of the molecule is NC(=O)c1cccc2cc3ccc(N)cc3cc12. The van der Waals surface area contributed by atoms with Crippen molar-refractivity contribution in [1.82, 2.24) is 0 Å². The van der Waals surface area contributed by atoms with Crippen molar-refractivity contribution < 1.29 is 4.79 Å². The van der Waals surface area contributed by atoms with Gasteiger partial charge >= 0.3 is 0 Å². The van der Waals surface area contributed by atoms with E-state index in [2.05, 4.69) is 0 Å². The second-order valence-electron chi connectivity index (χ2n) is 4.35. The van der Waals surface area contributed by atoms with Crippen LogP contribution in [0.5, 0.6) is 0 Å². The molecule has 3 nitrogen and oxygen atoms in total. The normalized spacial score (nSPS) is 10.9. The predicted octanol–water partition coefficient (Wildman–Crippen LogP) is 2.67. The maximum absolute atomic E-state index is 11.4. The molecule has 1 amide bonds. The number of carbonyl (C=O) groups excluding carboxylic acids is 1. The number of nitrogens with two attached hydrogens (primary N) is 2. The highest BCUT2D eigenvalue weighted by Gasteiger charge is 2.07. The lowest BCUT2D eigenvalue weighted by atomic mass is 9.99. The van der Waals surface area contributed by atoms with Crippen LogP contribution in [0, 0.1) is 0 Å². The summed E-state index contributed by atoms with van der Waals surface area (Å²) in [6, 6.07) is 15.3. The molecule has 0 heterocycles. The van der Waals surface area contributed by atoms with Crippen molar-refractivity contribution in [2.75, 3.05) is 5.73 Å². The number of hydrogen-bond donors (Lipinski definition) is 2. The Bertz CT molecular complexity index is 778. The molecule has 0 fully saturated rings. The Hall–Kier alpha value is -2.55. The lowest BCUT2D eigenvalue weighted by Gasteiger charge is -2.06. The van der Waals surface area contributed by atoms with Crippen LogP contribution in [0.3, 0.4) is 0 Å². The third-order valence-electron chi connectivity index (χ3n) is 3.13. The van der Waals surface area contributed by atoms with Crippen molar-refractivity contribution >= 4 is 33.1 Å². The monoisotopic (exact) mass is 236 g/mol. The molecule has 0 radical (unpaired) electrons. The van der Waals surface area contributed by atoms with Crippen molar-refractivity contribution in [2.45, 2.75) is 0 Å². The Morgan fingerprint density at radius 3 is 2.50 bits per heavy atom. The number of rotatable bonds is 1. The zero-order valence-electron chi connectivity index (χ0n) is 9.68. The lowest BCUT2D eigenvalue weighted by Crippen LogP contribution is -2.11. The van der Waals surface area contributed by atoms with Crippen molar-refractivity contribution in [2.24, 2.45) is 5.73 Å². The van der Waals surface area contributed by atoms with Gasteiger partial charge in [0.15, 0.2) is 0 Å². The van der Waals surface area contributed by atoms with Gasteiger partial charge in [-0.15, -0.1) is 0 Å². The molecule has 88 valence electrons. The molecule has 18 heavy (non-hydrogen) atoms. The summed E-state index contributed by atoms with van der Waals surface area (Å²) < 4.78 is 0. The number of carbonyl (C=O) groups is 1. The maximum Gasteiger partial charge on any atom is 0.249 e. The average Bonchev–Trinajstić information content (AvgIpc) is 2.35. The lowest BCUT2D eigenvalue weighted by molar-refractivity contribution is 0.100. The quantitative estimate of drug-likeness (QED) is 0.503. The number of nitrogen functional groups attached to an aromatic ring is 1. The van der Waals surface area contributed by atoms with E-state index in [9.17, 15) is 4.79 Å². The summed E-state index contributed by atoms with van der Waals surface area (Å²) in [7, 11) is 0. The second kappa shape index (κ2) is 3.74. The van der Waals surface area contributed by atoms with Gasteiger partial charge in [0.25, 0.3) is 0 Å². The van der Waals surface area contributed by atoms with E-state index in [1.807, 2.05) is 42.5 Å². The standard InChI is InChI=1S/C15H12N2O/c16-12-5-4-9-6-10-2-1-3-13(15(17)18)14(10)8-11(9)7-12/h1-8H,16H2,(H2,17,18). The van der Waals surface area contributed by atoms with Crippen LogP contribution >= 0.6 is 0 Å². The van der Waals surface area contributed by atoms with Crippen molar-refractivity contribution in [1.29, 1.82) is 0 Å². The molecule has 4 N–H and O–H groups in total. The fourth-order valence-electron chi connectivity index (χ4n) is 2.26. The number of anilines is 1. The number of amides is 1. The first-order chi connectivity index (χ1) is 8.65. The van der Waals surface area contributed by atoms with E-state index in [0.717, 1.165) is 21.5 Å². The maximum atomic E-state index is 11.4. The molecule has 0 aliphatic heterocycles. The molecule has 0 aliphatic rings. The summed E-state index contributed by atoms with van der Waals surface area (Å²) in [4.78, 5) is 11.4. The summed E-state index contributed by atoms with van der Waals surface area (Å²) >= 11 is 0. The molecule has 3 aromatic carbocycles. The van der Waals surface area contributed by atoms with E-state index < -0.39 is 5.91 Å². The van der Waals surface area contributed by atoms with E-state index in [-0.39, 0.29) is 0 Å². The molecule has 0 unspecified atom stereocenters. The molecular weight excluding hydrogens is 224 g/mol. The predicted molar refractivity (Wildman–Crippen MR) is 74.4 cm³/mol. The summed E-state index contributed by atoms with van der Waals surface area (Å²) in [5, 5.41) is 3.97. The van der Waals surface area contributed by atoms with Gasteiger partial charge < -0.3 is 11.5 Å². The van der Waals surface area contributed by atoms with Crippen LogP contribution in [-0.2, 0) is 0 Å². The van der Waals surface area contributed by atoms with Gasteiger partial charge in [0.2, 0.25) is 5.91 Å². The van der Waals surface area contributed by atoms with Crippen LogP contribution in [0.15, 0.2) is 48.5 Å². The van der Waals surface area contributed by atoms with Gasteiger partial charge in [0.05, 0.1) is 0 Å². The number of fused-ring (bicyclic) bond motifs is 2. The van der Waals surface area contributed by atoms with Crippen molar-refractivity contribution in [3.8, 4) is 0 Å². The third-order valence-corrected chi connectivity index (χ3v) is 3.13. The summed E-state index contributed by atoms with van der Waals surface area (Å²) in [5.74, 6) is -0.413. The number of benzene rings is 3. The minimum atomic E-state index is -0.413. The average molecular weight is 236 g/mol. The Balaban J connectivity index is 2.45. The van der Waals surface area contributed by atoms with E-state index in [1.165, 1.54) is 0 Å². The first kappa shape index (κ1) is 10.6. The van der Waals surface area contributed by atoms with Crippen molar-refractivity contribution in [3.05, 3.63) is 54.1 Å². The molecule has 3 rings (SSSR count). The Kier molecular flexibility index (Phi) is 2.20. The topological polar surface area (TPSA) is 69.1 Å². The molecular formula is C15H12N2O. The summed E-state index contributed by atoms with van der Waals surface area (Å²) in [6.45, 7) is 0. The molecule has 0 saturated carbocycles. The summed E-state index contributed by atoms with van der Waals surface area (Å²) in [5.41, 5.74) is 12.4. The first-order valence-corrected chi connectivity index (χ1v) is 5.67. The van der Waals surface area contributed by atoms with Crippen LogP contribution in [-0.4, -0.2) is 5.91 Å². The van der Waals surface area contributed by atoms with E-state index in [0.29, 0.717) is 11.3 Å². The summed E-state index contributed by atoms with van der Waals surface area (Å²) in [6.07, 6.45) is 0. The van der Waals surface area contributed by atoms with E-state index >= 15 is 0 Å². The largest absolute Gasteiger partial charge is 0.399 e. The Morgan fingerprint density at radius 1 is 0.889 bits per heavy atom. The Morgan fingerprint density at radius 2 is 1.72 bits per heavy atom. The minimum absolute atomic E-state index is 0.413. The second-order valence-corrected chi connectivity index (χ2v) is 4.35. The zero-order valence-corrected chi connectivity index (χ0v) is 9.68. The van der Waals surface area contributed by atoms with Gasteiger partial charge in [-0.05, 0) is 51.9 Å². The Labute approximate surface area is 104 Å². The van der Waals surface area contributed by atoms with Gasteiger partial charge in [-0.2, -0.15) is 0 Å². The molecule has 3 aromatic rings. The molecule has 0 aliphatic carbocycles. The number of hydrogen-bond acceptors (Lipinski definition) is 2. The molecule has 0 atom stereocenters. The number of primary amides is 1. The van der Waals surface area contributed by atoms with Crippen molar-refractivity contribution in [3.63, 3.8) is 0 Å². The third kappa shape index (κ3) is 1.57. The van der Waals surface area contributed by atoms with Crippen LogP contribution in [0.25, 0.3) is 21.5 Å². The zero-order chi connectivity index (χ0) is 12.7. The van der Waals surface area contributed by atoms with Crippen LogP contribution in [0.4, 0.5) is 5.69 Å². The van der Waals surface area contributed by atoms with Gasteiger partial charge in [-0.1, -0.05) is 18.2 Å². The highest BCUT2D eigenvalue weighted by atomic mass is 16.1. The van der Waals surface area contributed by atoms with Crippen LogP contribution in [0.1, 0.15) is 10.4 Å². The fraction of sp³-hybridized carbons (Fsp3) is 0. The molecule has 0 spiro atoms. The minimum Gasteiger partial charge on any atom is -0.399 e. The van der Waals surface area contributed by atoms with E-state index in [1.54, 1.807) is 6.07 Å². The molecule has 0 aromatic heterocycles. The first-order valence-electron chi connectivity index (χ1n) is 5.67. The fourth-order valence-corrected chi connectivity index (χ4v) is 2.26. The van der Waals surface area contributed by atoms with Gasteiger partial charge in [0, 0.05) is 11.3 Å². The van der Waals surface area contributed by atoms with E-state index in [4.69, 9.17) is 11.5 Å². The van der Waals surface area contributed by atoms with Gasteiger partial charge in [-0.3, -0.25) is 4.79 Å².